The maximum atomic E-state index is 8.60. The average molecular weight is 783 g/mol. The van der Waals surface area contributed by atoms with Crippen LogP contribution in [0.25, 0.3) is 73.1 Å². The fourth-order valence-electron chi connectivity index (χ4n) is 8.42. The third kappa shape index (κ3) is 7.59. The molecule has 0 atom stereocenters. The molecule has 0 bridgehead atoms. The molecule has 2 N–H and O–H groups in total. The van der Waals surface area contributed by atoms with Crippen LogP contribution in [-0.4, -0.2) is 16.2 Å². The Bertz CT molecular complexity index is 3030. The molecule has 61 heavy (non-hydrogen) atoms. The second-order valence-electron chi connectivity index (χ2n) is 15.3. The van der Waals surface area contributed by atoms with Gasteiger partial charge < -0.3 is 10.7 Å². The van der Waals surface area contributed by atoms with Gasteiger partial charge in [0.1, 0.15) is 0 Å². The summed E-state index contributed by atoms with van der Waals surface area (Å²) in [4.78, 5) is 10.7. The van der Waals surface area contributed by atoms with Crippen LogP contribution >= 0.6 is 0 Å². The van der Waals surface area contributed by atoms with E-state index < -0.39 is 0 Å². The highest BCUT2D eigenvalue weighted by molar-refractivity contribution is 6.21. The van der Waals surface area contributed by atoms with Gasteiger partial charge in [-0.3, -0.25) is 0 Å². The van der Waals surface area contributed by atoms with Crippen molar-refractivity contribution in [2.75, 3.05) is 0 Å². The van der Waals surface area contributed by atoms with Gasteiger partial charge in [0, 0.05) is 39.6 Å². The van der Waals surface area contributed by atoms with Crippen LogP contribution in [0.15, 0.2) is 212 Å². The lowest BCUT2D eigenvalue weighted by Gasteiger charge is -2.29. The maximum absolute atomic E-state index is 8.60. The molecular formula is C57H42N4. The molecule has 0 unspecified atom stereocenters. The zero-order chi connectivity index (χ0) is 41.0. The lowest BCUT2D eigenvalue weighted by Crippen LogP contribution is -2.21. The normalized spacial score (nSPS) is 14.1. The number of benzene rings is 7. The summed E-state index contributed by atoms with van der Waals surface area (Å²) >= 11 is 0. The lowest BCUT2D eigenvalue weighted by atomic mass is 9.84. The quantitative estimate of drug-likeness (QED) is 0.143. The summed E-state index contributed by atoms with van der Waals surface area (Å²) in [6.45, 7) is 0. The van der Waals surface area contributed by atoms with Gasteiger partial charge in [0.25, 0.3) is 0 Å². The Morgan fingerprint density at radius 1 is 0.475 bits per heavy atom. The highest BCUT2D eigenvalue weighted by atomic mass is 14.9. The fourth-order valence-corrected chi connectivity index (χ4v) is 8.42. The maximum Gasteiger partial charge on any atom is 0.160 e. The molecule has 8 aromatic rings. The van der Waals surface area contributed by atoms with E-state index >= 15 is 0 Å². The van der Waals surface area contributed by atoms with Crippen molar-refractivity contribution in [1.82, 2.24) is 15.3 Å². The number of aromatic nitrogens is 2. The van der Waals surface area contributed by atoms with E-state index in [1.165, 1.54) is 11.8 Å². The summed E-state index contributed by atoms with van der Waals surface area (Å²) < 4.78 is 0. The van der Waals surface area contributed by atoms with Gasteiger partial charge in [0.15, 0.2) is 5.82 Å². The molecule has 0 saturated carbocycles. The number of allylic oxidation sites excluding steroid dienone is 5. The zero-order valence-electron chi connectivity index (χ0n) is 33.6. The van der Waals surface area contributed by atoms with Crippen molar-refractivity contribution in [2.45, 2.75) is 12.8 Å². The smallest absolute Gasteiger partial charge is 0.160 e. The first-order chi connectivity index (χ1) is 30.2. The molecule has 2 aliphatic rings. The molecule has 0 fully saturated rings. The van der Waals surface area contributed by atoms with Gasteiger partial charge in [-0.1, -0.05) is 182 Å². The molecule has 1 aromatic heterocycles. The third-order valence-electron chi connectivity index (χ3n) is 11.4. The molecule has 1 aliphatic heterocycles. The predicted molar refractivity (Wildman–Crippen MR) is 254 cm³/mol. The van der Waals surface area contributed by atoms with Gasteiger partial charge in [-0.05, 0) is 87.7 Å². The van der Waals surface area contributed by atoms with E-state index in [9.17, 15) is 0 Å². The van der Waals surface area contributed by atoms with E-state index in [1.807, 2.05) is 30.3 Å². The monoisotopic (exact) mass is 782 g/mol. The molecule has 4 heteroatoms. The van der Waals surface area contributed by atoms with Gasteiger partial charge in [0.05, 0.1) is 22.8 Å². The molecule has 0 radical (unpaired) electrons. The van der Waals surface area contributed by atoms with E-state index in [4.69, 9.17) is 15.4 Å². The van der Waals surface area contributed by atoms with Crippen LogP contribution in [-0.2, 0) is 0 Å². The fraction of sp³-hybridized carbons (Fsp3) is 0.0351. The predicted octanol–water partition coefficient (Wildman–Crippen LogP) is 13.9. The summed E-state index contributed by atoms with van der Waals surface area (Å²) in [5.41, 5.74) is 18.3. The first kappa shape index (κ1) is 37.3. The molecule has 0 spiro atoms. The van der Waals surface area contributed by atoms with E-state index in [2.05, 4.69) is 187 Å². The molecule has 7 aromatic carbocycles. The second-order valence-corrected chi connectivity index (χ2v) is 15.3. The Labute approximate surface area is 357 Å². The van der Waals surface area contributed by atoms with Gasteiger partial charge in [-0.25, -0.2) is 9.97 Å². The minimum Gasteiger partial charge on any atom is -0.353 e. The SMILES string of the molecule is N=C/C(=C1\NC(c2ccccc2)=C(c2cccc(-c3cc(-c4ccccc4)nc(-c4cc(C5=CCCC=C5)cc(-c5ccccc5)c4)n3)c2)c2ccccc21)c1ccccc1. The topological polar surface area (TPSA) is 61.7 Å². The van der Waals surface area contributed by atoms with Crippen molar-refractivity contribution in [2.24, 2.45) is 0 Å². The Hall–Kier alpha value is -7.95. The highest BCUT2D eigenvalue weighted by Crippen LogP contribution is 2.43. The molecule has 0 saturated heterocycles. The lowest BCUT2D eigenvalue weighted by molar-refractivity contribution is 1.04. The Kier molecular flexibility index (Phi) is 10.2. The molecule has 0 amide bonds. The zero-order valence-corrected chi connectivity index (χ0v) is 33.6. The number of hydrogen-bond donors (Lipinski definition) is 2. The molecule has 290 valence electrons. The van der Waals surface area contributed by atoms with Crippen LogP contribution in [0.5, 0.6) is 0 Å². The molecule has 10 rings (SSSR count). The van der Waals surface area contributed by atoms with Crippen LogP contribution in [0.3, 0.4) is 0 Å². The number of rotatable bonds is 9. The number of nitrogens with zero attached hydrogens (tertiary/aromatic N) is 2. The van der Waals surface area contributed by atoms with Gasteiger partial charge in [0.2, 0.25) is 0 Å². The summed E-state index contributed by atoms with van der Waals surface area (Å²) in [5.74, 6) is 0.671. The first-order valence-electron chi connectivity index (χ1n) is 20.8. The van der Waals surface area contributed by atoms with Crippen molar-refractivity contribution in [3.63, 3.8) is 0 Å². The van der Waals surface area contributed by atoms with E-state index in [0.29, 0.717) is 5.82 Å². The van der Waals surface area contributed by atoms with Crippen molar-refractivity contribution in [1.29, 1.82) is 5.41 Å². The Balaban J connectivity index is 1.17. The number of fused-ring (bicyclic) bond motifs is 1. The highest BCUT2D eigenvalue weighted by Gasteiger charge is 2.27. The largest absolute Gasteiger partial charge is 0.353 e. The van der Waals surface area contributed by atoms with E-state index in [-0.39, 0.29) is 0 Å². The van der Waals surface area contributed by atoms with Crippen LogP contribution in [0.2, 0.25) is 0 Å². The van der Waals surface area contributed by atoms with Gasteiger partial charge in [-0.15, -0.1) is 0 Å². The molecule has 4 nitrogen and oxygen atoms in total. The van der Waals surface area contributed by atoms with Crippen LogP contribution in [0.4, 0.5) is 0 Å². The van der Waals surface area contributed by atoms with Crippen LogP contribution in [0.1, 0.15) is 46.2 Å². The van der Waals surface area contributed by atoms with E-state index in [0.717, 1.165) is 108 Å². The first-order valence-corrected chi connectivity index (χ1v) is 20.8. The van der Waals surface area contributed by atoms with Crippen molar-refractivity contribution in [3.05, 3.63) is 246 Å². The van der Waals surface area contributed by atoms with Gasteiger partial charge in [-0.2, -0.15) is 0 Å². The Morgan fingerprint density at radius 2 is 1.03 bits per heavy atom. The van der Waals surface area contributed by atoms with Gasteiger partial charge >= 0.3 is 0 Å². The summed E-state index contributed by atoms with van der Waals surface area (Å²) in [6.07, 6.45) is 10.4. The van der Waals surface area contributed by atoms with Crippen LogP contribution < -0.4 is 5.32 Å². The third-order valence-corrected chi connectivity index (χ3v) is 11.4. The van der Waals surface area contributed by atoms with Crippen molar-refractivity contribution >= 4 is 34.3 Å². The molecule has 2 heterocycles. The second kappa shape index (κ2) is 16.7. The summed E-state index contributed by atoms with van der Waals surface area (Å²) in [5, 5.41) is 12.5. The Morgan fingerprint density at radius 3 is 1.72 bits per heavy atom. The summed E-state index contributed by atoms with van der Waals surface area (Å²) in [6, 6.07) is 67.7. The average Bonchev–Trinajstić information content (AvgIpc) is 3.35. The van der Waals surface area contributed by atoms with Crippen molar-refractivity contribution in [3.8, 4) is 45.0 Å². The summed E-state index contributed by atoms with van der Waals surface area (Å²) in [7, 11) is 0. The molecular weight excluding hydrogens is 741 g/mol. The standard InChI is InChI=1S/C57H42N4/c58-38-51(41-23-10-3-11-24-41)56-50-32-17-16-31-49(50)54(55(61-56)43-27-14-5-15-28-43)45-30-18-29-44(33-45)53-37-52(42-25-12-4-13-26-42)59-57(60-53)48-35-46(39-19-6-1-7-20-39)34-47(36-48)40-21-8-2-9-22-40/h1,3-8,10-38,58,61H,2,9H2/b56-51+,58-38?. The number of nitrogens with one attached hydrogen (secondary N) is 2. The van der Waals surface area contributed by atoms with Crippen LogP contribution in [0, 0.1) is 5.41 Å². The minimum absolute atomic E-state index is 0.671. The minimum atomic E-state index is 0.671. The number of hydrogen-bond acceptors (Lipinski definition) is 4. The molecule has 1 aliphatic carbocycles. The van der Waals surface area contributed by atoms with E-state index in [1.54, 1.807) is 0 Å². The van der Waals surface area contributed by atoms with Crippen molar-refractivity contribution < 1.29 is 0 Å².